The number of likely N-dealkylation sites (tertiary alicyclic amines) is 2. The van der Waals surface area contributed by atoms with Gasteiger partial charge in [-0.3, -0.25) is 61.9 Å². The van der Waals surface area contributed by atoms with Gasteiger partial charge in [0.15, 0.2) is 0 Å². The summed E-state index contributed by atoms with van der Waals surface area (Å²) in [5.41, 5.74) is 20.2. The molecule has 7 N–H and O–H groups in total. The van der Waals surface area contributed by atoms with Crippen LogP contribution in [-0.2, 0) is 256 Å². The van der Waals surface area contributed by atoms with Gasteiger partial charge in [0, 0.05) is 281 Å². The monoisotopic (exact) mass is 2150 g/mol. The predicted molar refractivity (Wildman–Crippen MR) is 450 cm³/mol. The van der Waals surface area contributed by atoms with E-state index in [0.29, 0.717) is 24.8 Å². The molecule has 13 unspecified atom stereocenters. The molecule has 7 fully saturated rings. The van der Waals surface area contributed by atoms with Gasteiger partial charge < -0.3 is 105 Å². The average Bonchev–Trinajstić information content (AvgIpc) is 1.37. The third-order valence-corrected chi connectivity index (χ3v) is 24.6. The van der Waals surface area contributed by atoms with Crippen molar-refractivity contribution in [3.05, 3.63) is 103 Å². The number of nitrogens with zero attached hydrogens (tertiary/aromatic N) is 8. The van der Waals surface area contributed by atoms with Crippen LogP contribution in [0.15, 0.2) is 34.4 Å². The molecule has 0 aromatic heterocycles. The molecule has 34 heteroatoms. The van der Waals surface area contributed by atoms with Crippen LogP contribution in [0.3, 0.4) is 0 Å². The first-order chi connectivity index (χ1) is 51.5. The van der Waals surface area contributed by atoms with Gasteiger partial charge >= 0.3 is 43.1 Å². The third-order valence-electron chi connectivity index (χ3n) is 24.6. The van der Waals surface area contributed by atoms with Gasteiger partial charge in [0.1, 0.15) is 0 Å². The largest absolute Gasteiger partial charge is 2.00 e. The number of rotatable bonds is 16. The van der Waals surface area contributed by atoms with Gasteiger partial charge in [0.2, 0.25) is 29.5 Å². The molecule has 5 amide bonds. The summed E-state index contributed by atoms with van der Waals surface area (Å²) < 4.78 is 4.72. The van der Waals surface area contributed by atoms with Gasteiger partial charge in [-0.1, -0.05) is 131 Å². The van der Waals surface area contributed by atoms with Crippen LogP contribution in [0.5, 0.6) is 0 Å². The molecule has 0 aromatic carbocycles. The van der Waals surface area contributed by atoms with Crippen LogP contribution in [0.4, 0.5) is 0 Å². The number of nitrogens with one attached hydrogen (secondary N) is 5. The summed E-state index contributed by atoms with van der Waals surface area (Å²) >= 11 is 0. The van der Waals surface area contributed by atoms with Crippen LogP contribution in [0.2, 0.25) is 0 Å². The van der Waals surface area contributed by atoms with Gasteiger partial charge in [-0.15, -0.1) is 0 Å². The second-order valence-corrected chi connectivity index (χ2v) is 34.1. The topological polar surface area (TPSA) is 265 Å². The molecule has 22 nitrogen and oxygen atoms in total. The van der Waals surface area contributed by atoms with Gasteiger partial charge in [-0.05, 0) is 190 Å². The number of carboxylic acid groups (broad SMARTS) is 1. The Labute approximate surface area is 887 Å². The van der Waals surface area contributed by atoms with Crippen molar-refractivity contribution in [1.82, 2.24) is 55.1 Å². The zero-order chi connectivity index (χ0) is 79.6. The summed E-state index contributed by atoms with van der Waals surface area (Å²) in [5, 5.41) is 27.8. The van der Waals surface area contributed by atoms with E-state index >= 15 is 0 Å². The molecular weight excluding hydrogens is 1990 g/mol. The maximum atomic E-state index is 12.6. The number of allylic oxidation sites excluding steroid dienone is 2. The molecule has 5 heterocycles. The second-order valence-electron chi connectivity index (χ2n) is 34.1. The van der Waals surface area contributed by atoms with Crippen LogP contribution in [-0.4, -0.2) is 255 Å². The van der Waals surface area contributed by atoms with Crippen molar-refractivity contribution in [2.45, 2.75) is 292 Å². The Balaban J connectivity index is -0.000000149. The number of piperidine rings is 3. The van der Waals surface area contributed by atoms with Gasteiger partial charge in [-0.2, -0.15) is 0 Å². The molecule has 3 saturated carbocycles. The minimum absolute atomic E-state index is 0. The number of aliphatic hydroxyl groups excluding tert-OH is 1. The first kappa shape index (κ1) is 145. The van der Waals surface area contributed by atoms with Crippen LogP contribution in [0, 0.1) is 92.4 Å². The van der Waals surface area contributed by atoms with Crippen LogP contribution in [0.25, 0.3) is 11.5 Å². The number of ether oxygens (including phenoxy) is 1. The van der Waals surface area contributed by atoms with Crippen molar-refractivity contribution in [2.75, 3.05) is 110 Å². The molecule has 0 spiro atoms. The van der Waals surface area contributed by atoms with Crippen LogP contribution < -0.4 is 16.0 Å². The maximum Gasteiger partial charge on any atom is 2.00 e. The Kier molecular flexibility index (Phi) is 94.9. The van der Waals surface area contributed by atoms with Gasteiger partial charge in [-0.25, -0.2) is 12.1 Å². The Morgan fingerprint density at radius 1 is 0.492 bits per heavy atom. The van der Waals surface area contributed by atoms with Crippen molar-refractivity contribution in [1.29, 1.82) is 0 Å². The van der Waals surface area contributed by atoms with E-state index in [1.807, 2.05) is 52.1 Å². The number of β-amino-alcohol motifs (C(OH)–C–C–N with tert-alkyl or cyclic N) is 1. The minimum Gasteiger partial charge on any atom is -0.699 e. The Morgan fingerprint density at radius 3 is 1.28 bits per heavy atom. The Bertz CT molecular complexity index is 2810. The average molecular weight is 2150 g/mol. The molecule has 122 heavy (non-hydrogen) atoms. The van der Waals surface area contributed by atoms with E-state index in [1.54, 1.807) is 63.8 Å². The summed E-state index contributed by atoms with van der Waals surface area (Å²) in [6, 6.07) is -1.81. The molecule has 11 aliphatic rings. The molecule has 12 radical (unpaired) electrons. The molecule has 694 valence electrons. The van der Waals surface area contributed by atoms with Crippen molar-refractivity contribution in [3.8, 4) is 0 Å². The molecule has 11 rings (SSSR count). The number of aliphatic hydroxyl groups is 1. The number of carboxylic acids is 1. The second kappa shape index (κ2) is 79.8. The molecule has 5 aliphatic heterocycles. The van der Waals surface area contributed by atoms with Crippen LogP contribution >= 0.6 is 0 Å². The molecule has 16 atom stereocenters. The molecule has 6 aliphatic carbocycles. The molecule has 4 saturated heterocycles. The standard InChI is InChI=1S/C17H31N3O2.C14H25N2O.C14H23N2O.C13H24N2O.C13H23N2O.C11H18NO2.C4H7NO.2CH3.12V/c1-12(18)16(21)11-20-10-14-8-6-4-5-7-13(14)9-15(20)17(22)19(2)3;2*1-15(2)14(17)13-9-11-7-5-4-6-8-12(11)10-16(13)3;1-15(2)13(16)12-8-10-6-4-3-5-7-11(10)9-14-12;1-14-12(13(16)15(2)3)10-11-8-6-4-5-7-9-11;1-12-10(11(13)14)8-9-6-4-2-3-5-7-9;1-3(5)4-2-6-4;;;;;;;;;;;;;;/h12-16,18,21H,1,4-11H2,2-3H3;11-13H,3-10H2,1-2H3;13H,3-10H2,1-2H3;10-12,14H,3-9H2,1-2H3;8,12,14H,1,4-7,9-10H2,2-3H3;6,10,12H,1-5,7-8H2,(H,13,14);3-5H,1-2H2;2*1H3;;;;;;;;;;;;/q-2;2*-1;;2*-1;-2;2*-1;;;;;;;;;;;2*+2/t12-,13?,14?,15?,16+;;;;;;3-,4?;;;;;;;;;;;;;;/m0.....0............../s1. The number of amides is 5. The molecule has 0 aromatic rings. The SMILES string of the molecule is CN(C)C(=O)C1CC2CCCCCC2CN1.[CH2-]N1CC2=C(CCCCC2)CC1C(=O)N(C)C.[CH2-]N1CC2CCCCCC2CC1C(=O)N(C)C.[CH2-]NC(CC1=CCCCCC1)C(=O)N(C)C.[CH2-]NC(CC1=CCCCCC1)C(=O)O.[CH2-][C@H]([NH-])C1CO1.[CH2-][C@H]([NH-])[C@H](O)CN1CC2CCCCCC2CC1C(=O)N(C)C.[CH3-].[CH3-].[V+2].[V+2].[V].[V].[V].[V].[V].[V].[V].[V].[V].[V]. The Morgan fingerprint density at radius 2 is 0.869 bits per heavy atom. The summed E-state index contributed by atoms with van der Waals surface area (Å²) in [6.07, 6.45) is 47.3. The fourth-order valence-corrected chi connectivity index (χ4v) is 17.7. The predicted octanol–water partition coefficient (Wildman–Crippen LogP) is 13.6. The van der Waals surface area contributed by atoms with Crippen molar-refractivity contribution in [2.24, 2.45) is 35.5 Å². The van der Waals surface area contributed by atoms with Crippen molar-refractivity contribution in [3.63, 3.8) is 0 Å². The maximum absolute atomic E-state index is 12.6. The van der Waals surface area contributed by atoms with Crippen molar-refractivity contribution < 1.29 is 266 Å². The summed E-state index contributed by atoms with van der Waals surface area (Å²) in [5.74, 6) is 4.51. The van der Waals surface area contributed by atoms with Gasteiger partial charge in [0.25, 0.3) is 0 Å². The number of likely N-dealkylation sites (N-methyl/N-ethyl adjacent to an activating group) is 5. The zero-order valence-electron chi connectivity index (χ0n) is 76.5. The number of hydrogen-bond acceptors (Lipinski definition) is 14. The van der Waals surface area contributed by atoms with E-state index in [0.717, 1.165) is 114 Å². The fraction of sp³-hybridized carbons (Fsp3) is 0.773. The Hall–Kier alpha value is 2.65. The summed E-state index contributed by atoms with van der Waals surface area (Å²) in [4.78, 5) is 85.8. The van der Waals surface area contributed by atoms with E-state index in [9.17, 15) is 33.9 Å². The minimum atomic E-state index is -0.815. The number of carbonyl (C=O) groups is 6. The fourth-order valence-electron chi connectivity index (χ4n) is 17.7. The zero-order valence-corrected chi connectivity index (χ0v) is 93.3. The van der Waals surface area contributed by atoms with Crippen LogP contribution in [0.1, 0.15) is 231 Å². The first-order valence-electron chi connectivity index (χ1n) is 41.8. The van der Waals surface area contributed by atoms with E-state index in [1.165, 1.54) is 178 Å². The smallest absolute Gasteiger partial charge is 0.699 e. The number of aliphatic carboxylic acids is 1. The number of hydrogen-bond donors (Lipinski definition) is 5. The third kappa shape index (κ3) is 53.2. The first-order valence-corrected chi connectivity index (χ1v) is 41.8. The number of carbonyl (C=O) groups excluding carboxylic acids is 5. The van der Waals surface area contributed by atoms with E-state index in [2.05, 4.69) is 75.0 Å². The van der Waals surface area contributed by atoms with E-state index < -0.39 is 24.2 Å². The quantitative estimate of drug-likeness (QED) is 0.0546. The number of epoxide rings is 1. The summed E-state index contributed by atoms with van der Waals surface area (Å²) in [6.45, 7) is 12.0. The van der Waals surface area contributed by atoms with Crippen molar-refractivity contribution >= 4 is 35.5 Å². The molecule has 0 bridgehead atoms. The van der Waals surface area contributed by atoms with E-state index in [4.69, 9.17) is 21.3 Å². The van der Waals surface area contributed by atoms with E-state index in [-0.39, 0.29) is 309 Å². The number of fused-ring (bicyclic) bond motifs is 3. The molecular formula is C88H157N13O9V12-6. The van der Waals surface area contributed by atoms with Gasteiger partial charge in [0.05, 0.1) is 42.9 Å². The summed E-state index contributed by atoms with van der Waals surface area (Å²) in [7, 11) is 33.4. The normalized spacial score (nSPS) is 25.5.